The Labute approximate surface area is 135 Å². The smallest absolute Gasteiger partial charge is 0.191 e. The first-order valence-electron chi connectivity index (χ1n) is 8.58. The zero-order chi connectivity index (χ0) is 16.0. The number of hydrogen-bond acceptors (Lipinski definition) is 3. The van der Waals surface area contributed by atoms with Crippen molar-refractivity contribution in [2.45, 2.75) is 40.0 Å². The fourth-order valence-corrected chi connectivity index (χ4v) is 2.15. The van der Waals surface area contributed by atoms with E-state index in [0.717, 1.165) is 71.3 Å². The van der Waals surface area contributed by atoms with Crippen LogP contribution in [0.2, 0.25) is 0 Å². The molecule has 2 N–H and O–H groups in total. The highest BCUT2D eigenvalue weighted by Crippen LogP contribution is 2.10. The van der Waals surface area contributed by atoms with E-state index >= 15 is 0 Å². The number of rotatable bonds is 10. The van der Waals surface area contributed by atoms with Crippen LogP contribution in [0.15, 0.2) is 16.6 Å². The molecule has 22 heavy (non-hydrogen) atoms. The third-order valence-corrected chi connectivity index (χ3v) is 3.31. The van der Waals surface area contributed by atoms with E-state index in [-0.39, 0.29) is 0 Å². The summed E-state index contributed by atoms with van der Waals surface area (Å²) in [6.07, 6.45) is 5.28. The molecular formula is C17H33N3O2. The molecule has 0 radical (unpaired) electrons. The van der Waals surface area contributed by atoms with Gasteiger partial charge in [-0.1, -0.05) is 25.5 Å². The molecule has 0 unspecified atom stereocenters. The van der Waals surface area contributed by atoms with E-state index in [1.54, 1.807) is 0 Å². The lowest BCUT2D eigenvalue weighted by Gasteiger charge is -2.15. The van der Waals surface area contributed by atoms with E-state index in [2.05, 4.69) is 42.5 Å². The predicted octanol–water partition coefficient (Wildman–Crippen LogP) is 2.34. The molecule has 0 spiro atoms. The Morgan fingerprint density at radius 3 is 2.95 bits per heavy atom. The van der Waals surface area contributed by atoms with E-state index in [9.17, 15) is 0 Å². The molecule has 0 saturated carbocycles. The molecule has 1 heterocycles. The average Bonchev–Trinajstić information content (AvgIpc) is 2.51. The Hall–Kier alpha value is -1.07. The fraction of sp³-hybridized carbons (Fsp3) is 0.824. The van der Waals surface area contributed by atoms with Gasteiger partial charge in [0.05, 0.1) is 13.2 Å². The minimum absolute atomic E-state index is 0.599. The normalized spacial score (nSPS) is 15.8. The van der Waals surface area contributed by atoms with Gasteiger partial charge in [0, 0.05) is 32.8 Å². The summed E-state index contributed by atoms with van der Waals surface area (Å²) in [6.45, 7) is 12.3. The zero-order valence-electron chi connectivity index (χ0n) is 14.5. The zero-order valence-corrected chi connectivity index (χ0v) is 14.5. The quantitative estimate of drug-likeness (QED) is 0.281. The molecule has 128 valence electrons. The molecule has 1 aliphatic heterocycles. The van der Waals surface area contributed by atoms with Crippen molar-refractivity contribution >= 4 is 5.96 Å². The number of nitrogens with zero attached hydrogens (tertiary/aromatic N) is 1. The summed E-state index contributed by atoms with van der Waals surface area (Å²) in [7, 11) is 0. The highest BCUT2D eigenvalue weighted by molar-refractivity contribution is 5.79. The number of hydrogen-bond donors (Lipinski definition) is 2. The topological polar surface area (TPSA) is 54.9 Å². The molecule has 0 bridgehead atoms. The van der Waals surface area contributed by atoms with Crippen LogP contribution in [0.3, 0.4) is 0 Å². The van der Waals surface area contributed by atoms with E-state index < -0.39 is 0 Å². The van der Waals surface area contributed by atoms with Gasteiger partial charge in [0.15, 0.2) is 5.96 Å². The molecule has 1 aliphatic rings. The van der Waals surface area contributed by atoms with Crippen LogP contribution in [0.4, 0.5) is 0 Å². The summed E-state index contributed by atoms with van der Waals surface area (Å²) in [6, 6.07) is 0. The molecule has 1 rings (SSSR count). The van der Waals surface area contributed by atoms with Gasteiger partial charge in [-0.2, -0.15) is 0 Å². The number of guanidine groups is 1. The lowest BCUT2D eigenvalue weighted by atomic mass is 10.1. The van der Waals surface area contributed by atoms with Crippen molar-refractivity contribution in [1.29, 1.82) is 0 Å². The summed E-state index contributed by atoms with van der Waals surface area (Å²) in [4.78, 5) is 4.58. The van der Waals surface area contributed by atoms with Crippen molar-refractivity contribution < 1.29 is 9.47 Å². The summed E-state index contributed by atoms with van der Waals surface area (Å²) in [5.41, 5.74) is 1.48. The largest absolute Gasteiger partial charge is 0.381 e. The lowest BCUT2D eigenvalue weighted by Crippen LogP contribution is -2.38. The molecule has 0 aromatic heterocycles. The maximum absolute atomic E-state index is 5.57. The fourth-order valence-electron chi connectivity index (χ4n) is 2.15. The lowest BCUT2D eigenvalue weighted by molar-refractivity contribution is 0.109. The predicted molar refractivity (Wildman–Crippen MR) is 92.4 cm³/mol. The molecule has 0 amide bonds. The van der Waals surface area contributed by atoms with Gasteiger partial charge in [-0.05, 0) is 32.1 Å². The number of nitrogens with one attached hydrogen (secondary N) is 2. The van der Waals surface area contributed by atoms with Crippen molar-refractivity contribution in [2.75, 3.05) is 46.1 Å². The van der Waals surface area contributed by atoms with Gasteiger partial charge in [0.1, 0.15) is 0 Å². The maximum atomic E-state index is 5.57. The highest BCUT2D eigenvalue weighted by Gasteiger charge is 2.04. The van der Waals surface area contributed by atoms with E-state index in [4.69, 9.17) is 9.47 Å². The molecule has 0 aromatic carbocycles. The Bertz CT molecular complexity index is 341. The number of ether oxygens (including phenoxy) is 2. The van der Waals surface area contributed by atoms with Gasteiger partial charge in [-0.3, -0.25) is 4.99 Å². The Morgan fingerprint density at radius 1 is 1.41 bits per heavy atom. The minimum atomic E-state index is 0.599. The molecule has 0 fully saturated rings. The van der Waals surface area contributed by atoms with Crippen molar-refractivity contribution in [2.24, 2.45) is 10.9 Å². The van der Waals surface area contributed by atoms with E-state index in [1.807, 2.05) is 0 Å². The van der Waals surface area contributed by atoms with Gasteiger partial charge in [0.2, 0.25) is 0 Å². The van der Waals surface area contributed by atoms with Gasteiger partial charge in [0.25, 0.3) is 0 Å². The third-order valence-electron chi connectivity index (χ3n) is 3.31. The summed E-state index contributed by atoms with van der Waals surface area (Å²) in [5.74, 6) is 1.50. The van der Waals surface area contributed by atoms with Crippen molar-refractivity contribution in [3.05, 3.63) is 11.6 Å². The second kappa shape index (κ2) is 12.5. The Balaban J connectivity index is 2.16. The molecule has 0 aliphatic carbocycles. The van der Waals surface area contributed by atoms with Crippen LogP contribution in [0, 0.1) is 5.92 Å². The summed E-state index contributed by atoms with van der Waals surface area (Å²) in [5, 5.41) is 6.68. The maximum Gasteiger partial charge on any atom is 0.191 e. The van der Waals surface area contributed by atoms with Crippen molar-refractivity contribution in [1.82, 2.24) is 10.6 Å². The van der Waals surface area contributed by atoms with Crippen molar-refractivity contribution in [3.8, 4) is 0 Å². The van der Waals surface area contributed by atoms with Crippen LogP contribution in [-0.4, -0.2) is 52.0 Å². The van der Waals surface area contributed by atoms with E-state index in [0.29, 0.717) is 5.92 Å². The Morgan fingerprint density at radius 2 is 2.27 bits per heavy atom. The standard InChI is InChI=1S/C17H33N3O2/c1-4-18-17(19-9-5-11-22-14-15(2)3)20-10-6-16-7-12-21-13-8-16/h7,15H,4-6,8-14H2,1-3H3,(H2,18,19,20). The third kappa shape index (κ3) is 9.79. The van der Waals surface area contributed by atoms with Crippen LogP contribution in [0.5, 0.6) is 0 Å². The molecule has 0 atom stereocenters. The van der Waals surface area contributed by atoms with Crippen LogP contribution in [-0.2, 0) is 9.47 Å². The van der Waals surface area contributed by atoms with Crippen LogP contribution in [0.25, 0.3) is 0 Å². The van der Waals surface area contributed by atoms with Gasteiger partial charge in [-0.15, -0.1) is 0 Å². The first-order valence-corrected chi connectivity index (χ1v) is 8.58. The van der Waals surface area contributed by atoms with Crippen LogP contribution in [0.1, 0.15) is 40.0 Å². The van der Waals surface area contributed by atoms with E-state index in [1.165, 1.54) is 5.57 Å². The second-order valence-electron chi connectivity index (χ2n) is 5.95. The Kier molecular flexibility index (Phi) is 10.8. The molecule has 0 saturated heterocycles. The molecule has 5 heteroatoms. The van der Waals surface area contributed by atoms with Gasteiger partial charge < -0.3 is 20.1 Å². The van der Waals surface area contributed by atoms with Crippen molar-refractivity contribution in [3.63, 3.8) is 0 Å². The second-order valence-corrected chi connectivity index (χ2v) is 5.95. The monoisotopic (exact) mass is 311 g/mol. The molecular weight excluding hydrogens is 278 g/mol. The number of aliphatic imine (C=N–C) groups is 1. The molecule has 0 aromatic rings. The summed E-state index contributed by atoms with van der Waals surface area (Å²) >= 11 is 0. The first-order chi connectivity index (χ1) is 10.7. The minimum Gasteiger partial charge on any atom is -0.381 e. The van der Waals surface area contributed by atoms with Crippen LogP contribution >= 0.6 is 0 Å². The average molecular weight is 311 g/mol. The van der Waals surface area contributed by atoms with Gasteiger partial charge in [-0.25, -0.2) is 0 Å². The first kappa shape index (κ1) is 19.0. The SMILES string of the molecule is CCNC(=NCCCOCC(C)C)NCCC1=CCOCC1. The van der Waals surface area contributed by atoms with Crippen LogP contribution < -0.4 is 10.6 Å². The summed E-state index contributed by atoms with van der Waals surface area (Å²) < 4.78 is 10.9. The highest BCUT2D eigenvalue weighted by atomic mass is 16.5. The molecule has 5 nitrogen and oxygen atoms in total. The van der Waals surface area contributed by atoms with Gasteiger partial charge >= 0.3 is 0 Å².